The quantitative estimate of drug-likeness (QED) is 0.617. The lowest BCUT2D eigenvalue weighted by Gasteiger charge is -2.13. The molecule has 1 aromatic carbocycles. The van der Waals surface area contributed by atoms with Crippen molar-refractivity contribution in [3.63, 3.8) is 0 Å². The zero-order valence-electron chi connectivity index (χ0n) is 11.4. The van der Waals surface area contributed by atoms with E-state index in [0.717, 1.165) is 19.1 Å². The molecule has 0 aromatic heterocycles. The molecule has 0 saturated carbocycles. The van der Waals surface area contributed by atoms with Crippen LogP contribution >= 0.6 is 0 Å². The van der Waals surface area contributed by atoms with Crippen molar-refractivity contribution in [2.24, 2.45) is 0 Å². The van der Waals surface area contributed by atoms with E-state index in [1.165, 1.54) is 6.92 Å². The number of ether oxygens (including phenoxy) is 1. The second kappa shape index (κ2) is 6.56. The minimum absolute atomic E-state index is 0.0914. The Morgan fingerprint density at radius 3 is 2.58 bits per heavy atom. The number of ketones is 1. The van der Waals surface area contributed by atoms with Gasteiger partial charge >= 0.3 is 0 Å². The zero-order chi connectivity index (χ0) is 14.5. The van der Waals surface area contributed by atoms with E-state index < -0.39 is 10.0 Å². The lowest BCUT2D eigenvalue weighted by Crippen LogP contribution is -2.11. The van der Waals surface area contributed by atoms with E-state index in [1.807, 2.05) is 6.92 Å². The molecule has 0 unspecified atom stereocenters. The van der Waals surface area contributed by atoms with Gasteiger partial charge in [-0.15, -0.1) is 0 Å². The monoisotopic (exact) mass is 285 g/mol. The van der Waals surface area contributed by atoms with Gasteiger partial charge in [0.2, 0.25) is 10.0 Å². The van der Waals surface area contributed by atoms with Crippen molar-refractivity contribution in [1.82, 2.24) is 0 Å². The number of hydrogen-bond acceptors (Lipinski definition) is 4. The maximum Gasteiger partial charge on any atom is 0.229 e. The molecule has 0 amide bonds. The van der Waals surface area contributed by atoms with Crippen LogP contribution in [0.2, 0.25) is 0 Å². The van der Waals surface area contributed by atoms with Crippen LogP contribution in [0.15, 0.2) is 18.2 Å². The summed E-state index contributed by atoms with van der Waals surface area (Å²) in [7, 11) is -3.38. The number of nitrogens with one attached hydrogen (secondary N) is 1. The molecule has 0 bridgehead atoms. The van der Waals surface area contributed by atoms with E-state index in [1.54, 1.807) is 18.2 Å². The molecule has 6 heteroatoms. The SMILES string of the molecule is CCCCOc1cc(C(C)=O)ccc1NS(C)(=O)=O. The molecular formula is C13H19NO4S. The van der Waals surface area contributed by atoms with Crippen LogP contribution in [0.25, 0.3) is 0 Å². The Morgan fingerprint density at radius 2 is 2.05 bits per heavy atom. The number of sulfonamides is 1. The summed E-state index contributed by atoms with van der Waals surface area (Å²) in [6.07, 6.45) is 2.91. The van der Waals surface area contributed by atoms with Gasteiger partial charge in [-0.1, -0.05) is 13.3 Å². The first kappa shape index (κ1) is 15.5. The van der Waals surface area contributed by atoms with Gasteiger partial charge in [0, 0.05) is 5.56 Å². The average Bonchev–Trinajstić information content (AvgIpc) is 2.29. The number of anilines is 1. The molecule has 1 rings (SSSR count). The van der Waals surface area contributed by atoms with Crippen molar-refractivity contribution in [2.75, 3.05) is 17.6 Å². The molecule has 1 aromatic rings. The van der Waals surface area contributed by atoms with E-state index >= 15 is 0 Å². The number of benzene rings is 1. The molecular weight excluding hydrogens is 266 g/mol. The smallest absolute Gasteiger partial charge is 0.229 e. The lowest BCUT2D eigenvalue weighted by molar-refractivity contribution is 0.101. The van der Waals surface area contributed by atoms with Crippen molar-refractivity contribution in [3.05, 3.63) is 23.8 Å². The van der Waals surface area contributed by atoms with Gasteiger partial charge in [0.1, 0.15) is 5.75 Å². The van der Waals surface area contributed by atoms with Crippen LogP contribution in [0.5, 0.6) is 5.75 Å². The molecule has 0 saturated heterocycles. The zero-order valence-corrected chi connectivity index (χ0v) is 12.2. The third-order valence-corrected chi connectivity index (χ3v) is 3.03. The summed E-state index contributed by atoms with van der Waals surface area (Å²) in [5.41, 5.74) is 0.842. The minimum atomic E-state index is -3.38. The van der Waals surface area contributed by atoms with Crippen LogP contribution in [0.1, 0.15) is 37.0 Å². The van der Waals surface area contributed by atoms with Crippen LogP contribution in [-0.4, -0.2) is 27.1 Å². The summed E-state index contributed by atoms with van der Waals surface area (Å²) in [6, 6.07) is 4.67. The number of Topliss-reactive ketones (excluding diaryl/α,β-unsaturated/α-hetero) is 1. The highest BCUT2D eigenvalue weighted by atomic mass is 32.2. The molecule has 1 N–H and O–H groups in total. The first-order valence-electron chi connectivity index (χ1n) is 6.09. The topological polar surface area (TPSA) is 72.5 Å². The fraction of sp³-hybridized carbons (Fsp3) is 0.462. The molecule has 19 heavy (non-hydrogen) atoms. The van der Waals surface area contributed by atoms with Crippen molar-refractivity contribution in [3.8, 4) is 5.75 Å². The summed E-state index contributed by atoms with van der Waals surface area (Å²) in [6.45, 7) is 3.97. The van der Waals surface area contributed by atoms with Crippen molar-refractivity contribution < 1.29 is 17.9 Å². The van der Waals surface area contributed by atoms with Gasteiger partial charge < -0.3 is 4.74 Å². The standard InChI is InChI=1S/C13H19NO4S/c1-4-5-8-18-13-9-11(10(2)15)6-7-12(13)14-19(3,16)17/h6-7,9,14H,4-5,8H2,1-3H3. The van der Waals surface area contributed by atoms with Crippen molar-refractivity contribution in [2.45, 2.75) is 26.7 Å². The summed E-state index contributed by atoms with van der Waals surface area (Å²) >= 11 is 0. The van der Waals surface area contributed by atoms with Gasteiger partial charge in [-0.3, -0.25) is 9.52 Å². The fourth-order valence-corrected chi connectivity index (χ4v) is 2.04. The normalized spacial score (nSPS) is 11.1. The van der Waals surface area contributed by atoms with E-state index in [-0.39, 0.29) is 5.78 Å². The first-order valence-corrected chi connectivity index (χ1v) is 7.98. The highest BCUT2D eigenvalue weighted by molar-refractivity contribution is 7.92. The molecule has 5 nitrogen and oxygen atoms in total. The van der Waals surface area contributed by atoms with Crippen LogP contribution < -0.4 is 9.46 Å². The third kappa shape index (κ3) is 5.30. The predicted molar refractivity (Wildman–Crippen MR) is 75.3 cm³/mol. The maximum absolute atomic E-state index is 11.3. The van der Waals surface area contributed by atoms with Crippen LogP contribution in [0.3, 0.4) is 0 Å². The maximum atomic E-state index is 11.3. The van der Waals surface area contributed by atoms with Gasteiger partial charge in [0.15, 0.2) is 5.78 Å². The second-order valence-corrected chi connectivity index (χ2v) is 6.09. The Morgan fingerprint density at radius 1 is 1.37 bits per heavy atom. The molecule has 0 spiro atoms. The van der Waals surface area contributed by atoms with Crippen LogP contribution in [0.4, 0.5) is 5.69 Å². The van der Waals surface area contributed by atoms with E-state index in [4.69, 9.17) is 4.74 Å². The van der Waals surface area contributed by atoms with E-state index in [2.05, 4.69) is 4.72 Å². The molecule has 0 fully saturated rings. The Balaban J connectivity index is 3.03. The Hall–Kier alpha value is -1.56. The Bertz CT molecular complexity index is 552. The molecule has 0 atom stereocenters. The molecule has 0 aliphatic heterocycles. The number of unbranched alkanes of at least 4 members (excludes halogenated alkanes) is 1. The molecule has 0 aliphatic rings. The minimum Gasteiger partial charge on any atom is -0.491 e. The first-order chi connectivity index (χ1) is 8.83. The van der Waals surface area contributed by atoms with Gasteiger partial charge in [-0.2, -0.15) is 0 Å². The summed E-state index contributed by atoms with van der Waals surface area (Å²) in [5, 5.41) is 0. The summed E-state index contributed by atoms with van der Waals surface area (Å²) in [5.74, 6) is 0.290. The number of carbonyl (C=O) groups excluding carboxylic acids is 1. The predicted octanol–water partition coefficient (Wildman–Crippen LogP) is 2.44. The highest BCUT2D eigenvalue weighted by Gasteiger charge is 2.11. The van der Waals surface area contributed by atoms with Crippen LogP contribution in [0, 0.1) is 0 Å². The van der Waals surface area contributed by atoms with Gasteiger partial charge in [0.05, 0.1) is 18.6 Å². The molecule has 0 heterocycles. The fourth-order valence-electron chi connectivity index (χ4n) is 1.47. The molecule has 0 radical (unpaired) electrons. The number of carbonyl (C=O) groups is 1. The third-order valence-electron chi connectivity index (χ3n) is 2.44. The Labute approximate surface area is 114 Å². The second-order valence-electron chi connectivity index (χ2n) is 4.34. The molecule has 106 valence electrons. The van der Waals surface area contributed by atoms with Crippen molar-refractivity contribution >= 4 is 21.5 Å². The summed E-state index contributed by atoms with van der Waals surface area (Å²) in [4.78, 5) is 11.3. The molecule has 0 aliphatic carbocycles. The van der Waals surface area contributed by atoms with Crippen molar-refractivity contribution in [1.29, 1.82) is 0 Å². The van der Waals surface area contributed by atoms with E-state index in [9.17, 15) is 13.2 Å². The summed E-state index contributed by atoms with van der Waals surface area (Å²) < 4.78 is 30.4. The van der Waals surface area contributed by atoms with Crippen LogP contribution in [-0.2, 0) is 10.0 Å². The highest BCUT2D eigenvalue weighted by Crippen LogP contribution is 2.27. The van der Waals surface area contributed by atoms with Gasteiger partial charge in [-0.05, 0) is 31.5 Å². The van der Waals surface area contributed by atoms with Gasteiger partial charge in [0.25, 0.3) is 0 Å². The average molecular weight is 285 g/mol. The number of hydrogen-bond donors (Lipinski definition) is 1. The lowest BCUT2D eigenvalue weighted by atomic mass is 10.1. The van der Waals surface area contributed by atoms with E-state index in [0.29, 0.717) is 23.6 Å². The number of rotatable bonds is 7. The Kier molecular flexibility index (Phi) is 5.35. The largest absolute Gasteiger partial charge is 0.491 e. The van der Waals surface area contributed by atoms with Gasteiger partial charge in [-0.25, -0.2) is 8.42 Å².